The van der Waals surface area contributed by atoms with Crippen molar-refractivity contribution in [2.75, 3.05) is 0 Å². The van der Waals surface area contributed by atoms with Gasteiger partial charge in [0, 0.05) is 0 Å². The molecule has 2 heterocycles. The van der Waals surface area contributed by atoms with Crippen molar-refractivity contribution in [1.82, 2.24) is 9.13 Å². The molecule has 0 saturated carbocycles. The summed E-state index contributed by atoms with van der Waals surface area (Å²) in [5, 5.41) is 37.7. The Kier molecular flexibility index (Phi) is 4.64. The molecular formula is C24H12N2O10. The van der Waals surface area contributed by atoms with E-state index in [4.69, 9.17) is 0 Å². The fourth-order valence-corrected chi connectivity index (χ4v) is 4.08. The highest BCUT2D eigenvalue weighted by molar-refractivity contribution is 5.99. The maximum atomic E-state index is 13.1. The van der Waals surface area contributed by atoms with E-state index >= 15 is 0 Å². The zero-order chi connectivity index (χ0) is 26.0. The van der Waals surface area contributed by atoms with E-state index in [1.165, 1.54) is 0 Å². The fourth-order valence-electron chi connectivity index (χ4n) is 4.08. The highest BCUT2D eigenvalue weighted by atomic mass is 16.4. The zero-order valence-electron chi connectivity index (χ0n) is 17.8. The van der Waals surface area contributed by atoms with Crippen LogP contribution in [0.15, 0.2) is 67.7 Å². The number of nitrogens with zero attached hydrogens (tertiary/aromatic N) is 2. The van der Waals surface area contributed by atoms with Crippen molar-refractivity contribution in [1.29, 1.82) is 0 Å². The first-order valence-electron chi connectivity index (χ1n) is 10.1. The summed E-state index contributed by atoms with van der Waals surface area (Å²) in [6, 6.07) is 8.06. The van der Waals surface area contributed by atoms with Gasteiger partial charge in [0.15, 0.2) is 0 Å². The molecule has 0 fully saturated rings. The first kappa shape index (κ1) is 22.3. The highest BCUT2D eigenvalue weighted by Crippen LogP contribution is 2.25. The predicted molar refractivity (Wildman–Crippen MR) is 125 cm³/mol. The Hall–Kier alpha value is -5.52. The molecule has 5 rings (SSSR count). The molecule has 2 aromatic heterocycles. The molecule has 36 heavy (non-hydrogen) atoms. The molecule has 0 atom stereocenters. The van der Waals surface area contributed by atoms with E-state index in [1.54, 1.807) is 0 Å². The van der Waals surface area contributed by atoms with Crippen molar-refractivity contribution in [2.24, 2.45) is 0 Å². The molecule has 0 amide bonds. The summed E-state index contributed by atoms with van der Waals surface area (Å²) in [4.78, 5) is 74.9. The van der Waals surface area contributed by atoms with E-state index in [0.717, 1.165) is 48.5 Å². The van der Waals surface area contributed by atoms with Crippen LogP contribution >= 0.6 is 0 Å². The Labute approximate surface area is 197 Å². The lowest BCUT2D eigenvalue weighted by Gasteiger charge is -2.05. The van der Waals surface area contributed by atoms with Crippen LogP contribution in [0.25, 0.3) is 32.9 Å². The maximum Gasteiger partial charge on any atom is 0.335 e. The molecule has 0 unspecified atom stereocenters. The number of benzene rings is 3. The largest absolute Gasteiger partial charge is 0.506 e. The quantitative estimate of drug-likeness (QED) is 0.280. The fraction of sp³-hybridized carbons (Fsp3) is 0. The Morgan fingerprint density at radius 1 is 0.528 bits per heavy atom. The second kappa shape index (κ2) is 7.50. The van der Waals surface area contributed by atoms with Crippen molar-refractivity contribution >= 4 is 33.5 Å². The molecule has 0 spiro atoms. The standard InChI is InChI=1S/C24H12N2O10/c27-17-3-1-9(23(33)34)5-15(17)25-19(29)11-7-13-14(8-12(11)20(25)30)22(32)26(21(13)31)16-6-10(24(35)36)2-4-18(16)28/h1-8,27-28H,(H,33,34)(H,35,36). The minimum absolute atomic E-state index is 0.273. The lowest BCUT2D eigenvalue weighted by molar-refractivity contribution is 0.0686. The summed E-state index contributed by atoms with van der Waals surface area (Å²) in [5.74, 6) is -3.82. The summed E-state index contributed by atoms with van der Waals surface area (Å²) in [6.07, 6.45) is 0. The average Bonchev–Trinajstić information content (AvgIpc) is 3.22. The number of carboxylic acids is 2. The number of aromatic carboxylic acids is 2. The summed E-state index contributed by atoms with van der Waals surface area (Å²) in [7, 11) is 0. The molecule has 178 valence electrons. The van der Waals surface area contributed by atoms with E-state index in [2.05, 4.69) is 0 Å². The lowest BCUT2D eigenvalue weighted by Crippen LogP contribution is -2.24. The molecular weight excluding hydrogens is 476 g/mol. The summed E-state index contributed by atoms with van der Waals surface area (Å²) in [6.45, 7) is 0. The van der Waals surface area contributed by atoms with Gasteiger partial charge in [0.1, 0.15) is 11.5 Å². The molecule has 3 aromatic carbocycles. The van der Waals surface area contributed by atoms with Crippen LogP contribution in [0.1, 0.15) is 20.7 Å². The van der Waals surface area contributed by atoms with Crippen molar-refractivity contribution in [3.63, 3.8) is 0 Å². The van der Waals surface area contributed by atoms with Gasteiger partial charge in [0.05, 0.1) is 44.0 Å². The van der Waals surface area contributed by atoms with Crippen molar-refractivity contribution < 1.29 is 30.0 Å². The second-order valence-corrected chi connectivity index (χ2v) is 7.85. The summed E-state index contributed by atoms with van der Waals surface area (Å²) in [5.41, 5.74) is -5.25. The molecule has 0 radical (unpaired) electrons. The van der Waals surface area contributed by atoms with Crippen LogP contribution in [-0.2, 0) is 0 Å². The summed E-state index contributed by atoms with van der Waals surface area (Å²) < 4.78 is 1.08. The van der Waals surface area contributed by atoms with Crippen LogP contribution in [0.5, 0.6) is 11.5 Å². The number of carbonyl (C=O) groups is 2. The number of hydrogen-bond acceptors (Lipinski definition) is 8. The van der Waals surface area contributed by atoms with Gasteiger partial charge in [-0.25, -0.2) is 18.7 Å². The number of phenols is 2. The predicted octanol–water partition coefficient (Wildman–Crippen LogP) is 0.698. The van der Waals surface area contributed by atoms with E-state index in [9.17, 15) is 49.2 Å². The normalized spacial score (nSPS) is 11.3. The average molecular weight is 488 g/mol. The van der Waals surface area contributed by atoms with Crippen LogP contribution in [0.3, 0.4) is 0 Å². The minimum Gasteiger partial charge on any atom is -0.506 e. The minimum atomic E-state index is -1.36. The van der Waals surface area contributed by atoms with Crippen LogP contribution in [-0.4, -0.2) is 41.5 Å². The number of rotatable bonds is 4. The number of phenolic OH excluding ortho intramolecular Hbond substituents is 2. The van der Waals surface area contributed by atoms with Gasteiger partial charge in [-0.15, -0.1) is 0 Å². The smallest absolute Gasteiger partial charge is 0.335 e. The Balaban J connectivity index is 1.83. The van der Waals surface area contributed by atoms with Gasteiger partial charge in [0.2, 0.25) is 0 Å². The first-order chi connectivity index (χ1) is 17.0. The maximum absolute atomic E-state index is 13.1. The van der Waals surface area contributed by atoms with Crippen LogP contribution < -0.4 is 22.2 Å². The van der Waals surface area contributed by atoms with Gasteiger partial charge in [-0.3, -0.25) is 19.2 Å². The van der Waals surface area contributed by atoms with Gasteiger partial charge in [0.25, 0.3) is 22.2 Å². The van der Waals surface area contributed by atoms with E-state index < -0.39 is 57.0 Å². The van der Waals surface area contributed by atoms with Gasteiger partial charge in [-0.1, -0.05) is 0 Å². The molecule has 12 nitrogen and oxygen atoms in total. The second-order valence-electron chi connectivity index (χ2n) is 7.85. The van der Waals surface area contributed by atoms with E-state index in [-0.39, 0.29) is 32.7 Å². The SMILES string of the molecule is O=C(O)c1ccc(O)c(-n2c(=O)c3cc4c(=O)n(-c5cc(C(=O)O)ccc5O)c(=O)c4cc3c2=O)c1. The molecule has 0 aliphatic heterocycles. The Bertz CT molecular complexity index is 1790. The Morgan fingerprint density at radius 2 is 0.833 bits per heavy atom. The molecule has 0 saturated heterocycles. The first-order valence-corrected chi connectivity index (χ1v) is 10.1. The molecule has 12 heteroatoms. The monoisotopic (exact) mass is 488 g/mol. The van der Waals surface area contributed by atoms with Crippen LogP contribution in [0.2, 0.25) is 0 Å². The van der Waals surface area contributed by atoms with Crippen LogP contribution in [0.4, 0.5) is 0 Å². The number of carboxylic acid groups (broad SMARTS) is 2. The molecule has 4 N–H and O–H groups in total. The third-order valence-corrected chi connectivity index (χ3v) is 5.82. The van der Waals surface area contributed by atoms with Gasteiger partial charge in [-0.05, 0) is 48.5 Å². The number of aromatic nitrogens is 2. The van der Waals surface area contributed by atoms with Crippen molar-refractivity contribution in [3.05, 3.63) is 101 Å². The van der Waals surface area contributed by atoms with Gasteiger partial charge >= 0.3 is 11.9 Å². The number of hydrogen-bond donors (Lipinski definition) is 4. The van der Waals surface area contributed by atoms with Gasteiger partial charge in [-0.2, -0.15) is 0 Å². The molecule has 5 aromatic rings. The molecule has 0 aliphatic carbocycles. The third-order valence-electron chi connectivity index (χ3n) is 5.82. The van der Waals surface area contributed by atoms with E-state index in [0.29, 0.717) is 9.13 Å². The highest BCUT2D eigenvalue weighted by Gasteiger charge is 2.23. The Morgan fingerprint density at radius 3 is 1.11 bits per heavy atom. The molecule has 0 bridgehead atoms. The third kappa shape index (κ3) is 3.01. The molecule has 0 aliphatic rings. The lowest BCUT2D eigenvalue weighted by atomic mass is 10.1. The number of fused-ring (bicyclic) bond motifs is 2. The van der Waals surface area contributed by atoms with Crippen molar-refractivity contribution in [2.45, 2.75) is 0 Å². The topological polar surface area (TPSA) is 193 Å². The zero-order valence-corrected chi connectivity index (χ0v) is 17.8. The van der Waals surface area contributed by atoms with Crippen LogP contribution in [0, 0.1) is 0 Å². The van der Waals surface area contributed by atoms with Gasteiger partial charge < -0.3 is 20.4 Å². The number of aromatic hydroxyl groups is 2. The van der Waals surface area contributed by atoms with Crippen molar-refractivity contribution in [3.8, 4) is 22.9 Å². The van der Waals surface area contributed by atoms with E-state index in [1.807, 2.05) is 0 Å². The summed E-state index contributed by atoms with van der Waals surface area (Å²) >= 11 is 0.